The molecule has 0 aliphatic carbocycles. The van der Waals surface area contributed by atoms with Gasteiger partial charge in [0.15, 0.2) is 0 Å². The minimum atomic E-state index is -1.02. The van der Waals surface area contributed by atoms with Crippen LogP contribution in [0.4, 0.5) is 0 Å². The summed E-state index contributed by atoms with van der Waals surface area (Å²) < 4.78 is 0. The molecule has 0 fully saturated rings. The predicted octanol–water partition coefficient (Wildman–Crippen LogP) is -0.673. The van der Waals surface area contributed by atoms with Crippen molar-refractivity contribution >= 4 is 5.97 Å². The molecule has 0 heterocycles. The van der Waals surface area contributed by atoms with Gasteiger partial charge in [-0.2, -0.15) is 0 Å². The fourth-order valence-electron chi connectivity index (χ4n) is 0.632. The largest absolute Gasteiger partial charge is 0.480 e. The minimum absolute atomic E-state index is 0.315. The van der Waals surface area contributed by atoms with E-state index in [1.807, 2.05) is 0 Å². The van der Waals surface area contributed by atoms with Crippen LogP contribution in [0.25, 0.3) is 0 Å². The SMILES string of the molecule is C/C(N)=C(/N)CCC(N)C(=O)O. The lowest BCUT2D eigenvalue weighted by molar-refractivity contribution is -0.138. The number of allylic oxidation sites excluding steroid dienone is 2. The summed E-state index contributed by atoms with van der Waals surface area (Å²) in [5.41, 5.74) is 17.1. The zero-order valence-corrected chi connectivity index (χ0v) is 7.08. The minimum Gasteiger partial charge on any atom is -0.480 e. The zero-order valence-electron chi connectivity index (χ0n) is 7.08. The van der Waals surface area contributed by atoms with E-state index in [1.165, 1.54) is 0 Å². The van der Waals surface area contributed by atoms with Gasteiger partial charge in [0.2, 0.25) is 0 Å². The Balaban J connectivity index is 3.85. The molecule has 12 heavy (non-hydrogen) atoms. The Kier molecular flexibility index (Phi) is 4.14. The lowest BCUT2D eigenvalue weighted by Crippen LogP contribution is -2.30. The maximum Gasteiger partial charge on any atom is 0.320 e. The van der Waals surface area contributed by atoms with E-state index in [9.17, 15) is 4.79 Å². The van der Waals surface area contributed by atoms with Crippen LogP contribution in [0.2, 0.25) is 0 Å². The van der Waals surface area contributed by atoms with Gasteiger partial charge < -0.3 is 22.3 Å². The Bertz CT molecular complexity index is 197. The van der Waals surface area contributed by atoms with Gasteiger partial charge in [0.1, 0.15) is 6.04 Å². The van der Waals surface area contributed by atoms with E-state index in [-0.39, 0.29) is 0 Å². The molecule has 0 aliphatic rings. The van der Waals surface area contributed by atoms with E-state index in [1.54, 1.807) is 6.92 Å². The third-order valence-corrected chi connectivity index (χ3v) is 1.55. The summed E-state index contributed by atoms with van der Waals surface area (Å²) in [6.07, 6.45) is 0.742. The smallest absolute Gasteiger partial charge is 0.320 e. The van der Waals surface area contributed by atoms with E-state index < -0.39 is 12.0 Å². The second-order valence-electron chi connectivity index (χ2n) is 2.69. The quantitative estimate of drug-likeness (QED) is 0.450. The molecule has 5 heteroatoms. The Morgan fingerprint density at radius 2 is 2.00 bits per heavy atom. The number of nitrogens with two attached hydrogens (primary N) is 3. The monoisotopic (exact) mass is 173 g/mol. The van der Waals surface area contributed by atoms with Crippen LogP contribution in [0.5, 0.6) is 0 Å². The summed E-state index contributed by atoms with van der Waals surface area (Å²) in [6.45, 7) is 1.67. The van der Waals surface area contributed by atoms with Crippen LogP contribution in [0.1, 0.15) is 19.8 Å². The van der Waals surface area contributed by atoms with Gasteiger partial charge in [0.05, 0.1) is 0 Å². The number of carboxylic acids is 1. The van der Waals surface area contributed by atoms with Gasteiger partial charge in [-0.1, -0.05) is 0 Å². The summed E-state index contributed by atoms with van der Waals surface area (Å²) in [5, 5.41) is 8.42. The molecule has 0 rings (SSSR count). The first-order chi connectivity index (χ1) is 5.45. The first kappa shape index (κ1) is 10.8. The predicted molar refractivity (Wildman–Crippen MR) is 45.9 cm³/mol. The molecule has 0 aliphatic heterocycles. The standard InChI is InChI=1S/C7H15N3O2/c1-4(8)5(9)2-3-6(10)7(11)12/h6H,2-3,8-10H2,1H3,(H,11,12)/b5-4-. The van der Waals surface area contributed by atoms with Crippen LogP contribution in [0, 0.1) is 0 Å². The lowest BCUT2D eigenvalue weighted by atomic mass is 10.1. The van der Waals surface area contributed by atoms with E-state index in [2.05, 4.69) is 0 Å². The van der Waals surface area contributed by atoms with Gasteiger partial charge in [0.25, 0.3) is 0 Å². The highest BCUT2D eigenvalue weighted by Crippen LogP contribution is 2.03. The molecule has 7 N–H and O–H groups in total. The highest BCUT2D eigenvalue weighted by Gasteiger charge is 2.11. The van der Waals surface area contributed by atoms with Crippen LogP contribution in [0.3, 0.4) is 0 Å². The molecule has 0 bridgehead atoms. The lowest BCUT2D eigenvalue weighted by Gasteiger charge is -2.06. The molecule has 0 saturated heterocycles. The number of aliphatic carboxylic acids is 1. The molecule has 1 unspecified atom stereocenters. The molecule has 0 aromatic heterocycles. The number of rotatable bonds is 4. The molecule has 70 valence electrons. The van der Waals surface area contributed by atoms with Crippen LogP contribution < -0.4 is 17.2 Å². The first-order valence-electron chi connectivity index (χ1n) is 3.64. The molecule has 0 saturated carbocycles. The highest BCUT2D eigenvalue weighted by molar-refractivity contribution is 5.73. The maximum absolute atomic E-state index is 10.3. The van der Waals surface area contributed by atoms with Gasteiger partial charge >= 0.3 is 5.97 Å². The second-order valence-corrected chi connectivity index (χ2v) is 2.69. The van der Waals surface area contributed by atoms with Crippen molar-refractivity contribution in [3.63, 3.8) is 0 Å². The molecular weight excluding hydrogens is 158 g/mol. The van der Waals surface area contributed by atoms with Gasteiger partial charge in [-0.25, -0.2) is 0 Å². The van der Waals surface area contributed by atoms with E-state index in [0.29, 0.717) is 24.2 Å². The van der Waals surface area contributed by atoms with Crippen molar-refractivity contribution in [2.24, 2.45) is 17.2 Å². The normalized spacial score (nSPS) is 15.2. The third kappa shape index (κ3) is 3.82. The van der Waals surface area contributed by atoms with Crippen LogP contribution in [-0.4, -0.2) is 17.1 Å². The van der Waals surface area contributed by atoms with Crippen molar-refractivity contribution < 1.29 is 9.90 Å². The average Bonchev–Trinajstić information content (AvgIpc) is 1.98. The fraction of sp³-hybridized carbons (Fsp3) is 0.571. The van der Waals surface area contributed by atoms with Gasteiger partial charge in [-0.05, 0) is 19.8 Å². The number of carboxylic acid groups (broad SMARTS) is 1. The second kappa shape index (κ2) is 4.61. The first-order valence-corrected chi connectivity index (χ1v) is 3.64. The molecule has 0 aromatic carbocycles. The third-order valence-electron chi connectivity index (χ3n) is 1.55. The summed E-state index contributed by atoms with van der Waals surface area (Å²) in [5.74, 6) is -1.02. The molecule has 5 nitrogen and oxygen atoms in total. The Labute approximate surface area is 71.2 Å². The Morgan fingerprint density at radius 1 is 1.50 bits per heavy atom. The summed E-state index contributed by atoms with van der Waals surface area (Å²) in [4.78, 5) is 10.3. The molecule has 1 atom stereocenters. The van der Waals surface area contributed by atoms with Crippen molar-refractivity contribution in [2.45, 2.75) is 25.8 Å². The summed E-state index contributed by atoms with van der Waals surface area (Å²) in [6, 6.07) is -0.858. The Hall–Kier alpha value is -1.23. The molecule has 0 radical (unpaired) electrons. The van der Waals surface area contributed by atoms with Gasteiger partial charge in [0, 0.05) is 11.4 Å². The van der Waals surface area contributed by atoms with E-state index in [4.69, 9.17) is 22.3 Å². The Morgan fingerprint density at radius 3 is 2.33 bits per heavy atom. The van der Waals surface area contributed by atoms with Crippen LogP contribution >= 0.6 is 0 Å². The van der Waals surface area contributed by atoms with E-state index >= 15 is 0 Å². The number of hydrogen-bond donors (Lipinski definition) is 4. The van der Waals surface area contributed by atoms with Crippen molar-refractivity contribution in [2.75, 3.05) is 0 Å². The van der Waals surface area contributed by atoms with Crippen LogP contribution in [-0.2, 0) is 4.79 Å². The molecule has 0 spiro atoms. The summed E-state index contributed by atoms with van der Waals surface area (Å²) in [7, 11) is 0. The zero-order chi connectivity index (χ0) is 9.72. The maximum atomic E-state index is 10.3. The number of carbonyl (C=O) groups is 1. The van der Waals surface area contributed by atoms with Crippen molar-refractivity contribution in [3.05, 3.63) is 11.4 Å². The average molecular weight is 173 g/mol. The van der Waals surface area contributed by atoms with Crippen molar-refractivity contribution in [1.82, 2.24) is 0 Å². The molecular formula is C7H15N3O2. The highest BCUT2D eigenvalue weighted by atomic mass is 16.4. The summed E-state index contributed by atoms with van der Waals surface area (Å²) >= 11 is 0. The molecule has 0 aromatic rings. The van der Waals surface area contributed by atoms with Gasteiger partial charge in [-0.3, -0.25) is 4.79 Å². The topological polar surface area (TPSA) is 115 Å². The van der Waals surface area contributed by atoms with E-state index in [0.717, 1.165) is 0 Å². The van der Waals surface area contributed by atoms with Crippen molar-refractivity contribution in [1.29, 1.82) is 0 Å². The van der Waals surface area contributed by atoms with Crippen molar-refractivity contribution in [3.8, 4) is 0 Å². The molecule has 0 amide bonds. The van der Waals surface area contributed by atoms with Gasteiger partial charge in [-0.15, -0.1) is 0 Å². The fourth-order valence-corrected chi connectivity index (χ4v) is 0.632. The number of hydrogen-bond acceptors (Lipinski definition) is 4. The van der Waals surface area contributed by atoms with Crippen LogP contribution in [0.15, 0.2) is 11.4 Å².